The Morgan fingerprint density at radius 1 is 1.25 bits per heavy atom. The molecular formula is C16H21N3O. The maximum Gasteiger partial charge on any atom is 0.240 e. The van der Waals surface area contributed by atoms with Gasteiger partial charge in [0.25, 0.3) is 0 Å². The summed E-state index contributed by atoms with van der Waals surface area (Å²) in [6, 6.07) is 11.0. The fraction of sp³-hybridized carbons (Fsp3) is 0.500. The van der Waals surface area contributed by atoms with E-state index < -0.39 is 0 Å². The zero-order valence-electron chi connectivity index (χ0n) is 12.1. The minimum Gasteiger partial charge on any atom is -0.338 e. The molecule has 2 aromatic rings. The van der Waals surface area contributed by atoms with Crippen LogP contribution in [-0.4, -0.2) is 16.2 Å². The van der Waals surface area contributed by atoms with Gasteiger partial charge in [-0.25, -0.2) is 0 Å². The van der Waals surface area contributed by atoms with Crippen molar-refractivity contribution in [2.24, 2.45) is 0 Å². The zero-order valence-corrected chi connectivity index (χ0v) is 12.1. The van der Waals surface area contributed by atoms with E-state index in [9.17, 15) is 0 Å². The highest BCUT2D eigenvalue weighted by Gasteiger charge is 2.44. The van der Waals surface area contributed by atoms with E-state index in [1.165, 1.54) is 12.0 Å². The second kappa shape index (κ2) is 5.37. The molecule has 20 heavy (non-hydrogen) atoms. The van der Waals surface area contributed by atoms with E-state index in [-0.39, 0.29) is 5.41 Å². The minimum absolute atomic E-state index is 0.0269. The van der Waals surface area contributed by atoms with Crippen LogP contribution in [0.4, 0.5) is 0 Å². The third-order valence-corrected chi connectivity index (χ3v) is 4.09. The van der Waals surface area contributed by atoms with Crippen molar-refractivity contribution in [2.75, 3.05) is 0 Å². The predicted molar refractivity (Wildman–Crippen MR) is 77.3 cm³/mol. The van der Waals surface area contributed by atoms with E-state index in [2.05, 4.69) is 53.6 Å². The lowest BCUT2D eigenvalue weighted by Crippen LogP contribution is -2.36. The van der Waals surface area contributed by atoms with Crippen molar-refractivity contribution in [3.63, 3.8) is 0 Å². The van der Waals surface area contributed by atoms with Gasteiger partial charge in [-0.05, 0) is 18.4 Å². The summed E-state index contributed by atoms with van der Waals surface area (Å²) >= 11 is 0. The summed E-state index contributed by atoms with van der Waals surface area (Å²) in [7, 11) is 0. The number of nitrogens with zero attached hydrogens (tertiary/aromatic N) is 2. The van der Waals surface area contributed by atoms with E-state index in [4.69, 9.17) is 4.52 Å². The predicted octanol–water partition coefficient (Wildman–Crippen LogP) is 3.04. The molecule has 0 bridgehead atoms. The zero-order chi connectivity index (χ0) is 14.0. The number of hydrogen-bond acceptors (Lipinski definition) is 4. The summed E-state index contributed by atoms with van der Waals surface area (Å²) in [5.74, 6) is 1.52. The highest BCUT2D eigenvalue weighted by atomic mass is 16.5. The molecule has 0 amide bonds. The molecule has 0 unspecified atom stereocenters. The largest absolute Gasteiger partial charge is 0.338 e. The molecule has 1 aliphatic rings. The molecule has 4 heteroatoms. The normalized spacial score (nSPS) is 17.1. The van der Waals surface area contributed by atoms with Gasteiger partial charge in [0.2, 0.25) is 5.89 Å². The van der Waals surface area contributed by atoms with Crippen LogP contribution < -0.4 is 5.32 Å². The van der Waals surface area contributed by atoms with Crippen molar-refractivity contribution in [3.8, 4) is 0 Å². The SMILES string of the molecule is CC(C)NCc1nc(C2(c3ccccc3)CCC2)no1. The molecule has 1 aromatic heterocycles. The molecule has 106 valence electrons. The smallest absolute Gasteiger partial charge is 0.240 e. The van der Waals surface area contributed by atoms with Crippen LogP contribution in [0.1, 0.15) is 50.4 Å². The van der Waals surface area contributed by atoms with E-state index in [1.807, 2.05) is 6.07 Å². The first-order chi connectivity index (χ1) is 9.71. The average molecular weight is 271 g/mol. The van der Waals surface area contributed by atoms with E-state index in [1.54, 1.807) is 0 Å². The van der Waals surface area contributed by atoms with Gasteiger partial charge in [0, 0.05) is 6.04 Å². The molecule has 1 aliphatic carbocycles. The molecule has 1 saturated carbocycles. The van der Waals surface area contributed by atoms with Crippen molar-refractivity contribution in [3.05, 3.63) is 47.6 Å². The summed E-state index contributed by atoms with van der Waals surface area (Å²) in [6.07, 6.45) is 3.43. The summed E-state index contributed by atoms with van der Waals surface area (Å²) in [5.41, 5.74) is 1.27. The van der Waals surface area contributed by atoms with Crippen LogP contribution in [0.2, 0.25) is 0 Å². The summed E-state index contributed by atoms with van der Waals surface area (Å²) < 4.78 is 5.39. The van der Waals surface area contributed by atoms with Crippen molar-refractivity contribution in [1.29, 1.82) is 0 Å². The fourth-order valence-corrected chi connectivity index (χ4v) is 2.74. The Labute approximate surface area is 119 Å². The van der Waals surface area contributed by atoms with Crippen LogP contribution in [0.25, 0.3) is 0 Å². The number of nitrogens with one attached hydrogen (secondary N) is 1. The van der Waals surface area contributed by atoms with E-state index in [0.29, 0.717) is 18.5 Å². The molecule has 0 spiro atoms. The molecule has 1 fully saturated rings. The Morgan fingerprint density at radius 2 is 2.00 bits per heavy atom. The molecule has 1 heterocycles. The molecule has 4 nitrogen and oxygen atoms in total. The monoisotopic (exact) mass is 271 g/mol. The third-order valence-electron chi connectivity index (χ3n) is 4.09. The van der Waals surface area contributed by atoms with Crippen LogP contribution in [-0.2, 0) is 12.0 Å². The molecular weight excluding hydrogens is 250 g/mol. The quantitative estimate of drug-likeness (QED) is 0.908. The Balaban J connectivity index is 1.84. The third kappa shape index (κ3) is 2.36. The van der Waals surface area contributed by atoms with Gasteiger partial charge in [-0.1, -0.05) is 55.8 Å². The Kier molecular flexibility index (Phi) is 3.57. The lowest BCUT2D eigenvalue weighted by Gasteiger charge is -2.39. The van der Waals surface area contributed by atoms with Gasteiger partial charge < -0.3 is 9.84 Å². The van der Waals surface area contributed by atoms with Crippen LogP contribution in [0, 0.1) is 0 Å². The lowest BCUT2D eigenvalue weighted by atomic mass is 9.64. The minimum atomic E-state index is -0.0269. The lowest BCUT2D eigenvalue weighted by molar-refractivity contribution is 0.270. The Hall–Kier alpha value is -1.68. The summed E-state index contributed by atoms with van der Waals surface area (Å²) in [6.45, 7) is 4.85. The number of aromatic nitrogens is 2. The van der Waals surface area contributed by atoms with Gasteiger partial charge in [0.1, 0.15) is 0 Å². The van der Waals surface area contributed by atoms with Crippen LogP contribution >= 0.6 is 0 Å². The van der Waals surface area contributed by atoms with Gasteiger partial charge in [0.15, 0.2) is 5.82 Å². The van der Waals surface area contributed by atoms with E-state index in [0.717, 1.165) is 18.7 Å². The second-order valence-corrected chi connectivity index (χ2v) is 5.85. The van der Waals surface area contributed by atoms with Crippen molar-refractivity contribution in [1.82, 2.24) is 15.5 Å². The summed E-state index contributed by atoms with van der Waals surface area (Å²) in [4.78, 5) is 4.61. The molecule has 1 aromatic carbocycles. The molecule has 3 rings (SSSR count). The second-order valence-electron chi connectivity index (χ2n) is 5.85. The van der Waals surface area contributed by atoms with Crippen LogP contribution in [0.3, 0.4) is 0 Å². The Morgan fingerprint density at radius 3 is 2.60 bits per heavy atom. The van der Waals surface area contributed by atoms with Crippen molar-refractivity contribution in [2.45, 2.75) is 51.1 Å². The standard InChI is InChI=1S/C16H21N3O/c1-12(2)17-11-14-18-15(19-20-14)16(9-6-10-16)13-7-4-3-5-8-13/h3-5,7-8,12,17H,6,9-11H2,1-2H3. The average Bonchev–Trinajstić information content (AvgIpc) is 2.85. The Bertz CT molecular complexity index is 558. The molecule has 0 saturated heterocycles. The molecule has 1 N–H and O–H groups in total. The van der Waals surface area contributed by atoms with Gasteiger partial charge in [0.05, 0.1) is 12.0 Å². The number of benzene rings is 1. The van der Waals surface area contributed by atoms with Gasteiger partial charge in [-0.3, -0.25) is 0 Å². The number of hydrogen-bond donors (Lipinski definition) is 1. The fourth-order valence-electron chi connectivity index (χ4n) is 2.74. The van der Waals surface area contributed by atoms with Crippen LogP contribution in [0.15, 0.2) is 34.9 Å². The maximum atomic E-state index is 5.39. The van der Waals surface area contributed by atoms with Gasteiger partial charge in [-0.15, -0.1) is 0 Å². The number of rotatable bonds is 5. The molecule has 0 radical (unpaired) electrons. The highest BCUT2D eigenvalue weighted by Crippen LogP contribution is 2.47. The maximum absolute atomic E-state index is 5.39. The van der Waals surface area contributed by atoms with E-state index >= 15 is 0 Å². The molecule has 0 atom stereocenters. The van der Waals surface area contributed by atoms with Crippen molar-refractivity contribution < 1.29 is 4.52 Å². The first-order valence-corrected chi connectivity index (χ1v) is 7.33. The first kappa shape index (κ1) is 13.3. The topological polar surface area (TPSA) is 51.0 Å². The first-order valence-electron chi connectivity index (χ1n) is 7.33. The highest BCUT2D eigenvalue weighted by molar-refractivity contribution is 5.35. The van der Waals surface area contributed by atoms with Crippen LogP contribution in [0.5, 0.6) is 0 Å². The van der Waals surface area contributed by atoms with Gasteiger partial charge >= 0.3 is 0 Å². The van der Waals surface area contributed by atoms with Crippen molar-refractivity contribution >= 4 is 0 Å². The molecule has 0 aliphatic heterocycles. The summed E-state index contributed by atoms with van der Waals surface area (Å²) in [5, 5.41) is 7.54. The van der Waals surface area contributed by atoms with Gasteiger partial charge in [-0.2, -0.15) is 4.98 Å².